The lowest BCUT2D eigenvalue weighted by atomic mass is 10.0. The molecule has 1 N–H and O–H groups in total. The van der Waals surface area contributed by atoms with Crippen LogP contribution in [0.4, 0.5) is 5.69 Å². The Kier molecular flexibility index (Phi) is 6.16. The summed E-state index contributed by atoms with van der Waals surface area (Å²) in [5, 5.41) is 3.58. The predicted molar refractivity (Wildman–Crippen MR) is 106 cm³/mol. The molecule has 1 amide bonds. The second-order valence-corrected chi connectivity index (χ2v) is 6.49. The molecule has 5 heteroatoms. The van der Waals surface area contributed by atoms with Crippen LogP contribution in [0.15, 0.2) is 72.8 Å². The number of anilines is 1. The summed E-state index contributed by atoms with van der Waals surface area (Å²) >= 11 is 12.0. The van der Waals surface area contributed by atoms with Gasteiger partial charge in [-0.25, -0.2) is 0 Å². The maximum Gasteiger partial charge on any atom is 0.262 e. The summed E-state index contributed by atoms with van der Waals surface area (Å²) in [6.45, 7) is -0.153. The topological polar surface area (TPSA) is 38.3 Å². The van der Waals surface area contributed by atoms with Crippen molar-refractivity contribution in [3.05, 3.63) is 94.0 Å². The fourth-order valence-electron chi connectivity index (χ4n) is 2.54. The van der Waals surface area contributed by atoms with Gasteiger partial charge in [-0.15, -0.1) is 0 Å². The molecule has 0 aliphatic carbocycles. The van der Waals surface area contributed by atoms with E-state index in [0.717, 1.165) is 17.7 Å². The Morgan fingerprint density at radius 1 is 0.885 bits per heavy atom. The number of nitrogens with one attached hydrogen (secondary N) is 1. The molecule has 0 bridgehead atoms. The molecule has 0 aliphatic rings. The highest BCUT2D eigenvalue weighted by molar-refractivity contribution is 6.42. The molecule has 0 fully saturated rings. The number of ether oxygens (including phenoxy) is 1. The molecular formula is C21H17Cl2NO2. The molecule has 0 saturated carbocycles. The molecule has 3 aromatic carbocycles. The molecule has 3 rings (SSSR count). The molecule has 26 heavy (non-hydrogen) atoms. The van der Waals surface area contributed by atoms with Gasteiger partial charge in [0.25, 0.3) is 5.91 Å². The number of hydrogen-bond acceptors (Lipinski definition) is 2. The number of halogens is 2. The van der Waals surface area contributed by atoms with Gasteiger partial charge in [0.1, 0.15) is 10.8 Å². The first-order valence-corrected chi connectivity index (χ1v) is 8.87. The van der Waals surface area contributed by atoms with Gasteiger partial charge in [-0.3, -0.25) is 4.79 Å². The Hall–Kier alpha value is -2.49. The number of hydrogen-bond donors (Lipinski definition) is 1. The molecule has 0 radical (unpaired) electrons. The molecule has 0 atom stereocenters. The first-order valence-electron chi connectivity index (χ1n) is 8.12. The van der Waals surface area contributed by atoms with E-state index < -0.39 is 0 Å². The fraction of sp³-hybridized carbons (Fsp3) is 0.0952. The van der Waals surface area contributed by atoms with E-state index in [9.17, 15) is 4.79 Å². The molecule has 3 nitrogen and oxygen atoms in total. The SMILES string of the molecule is O=C(COc1cccc(Cl)c1Cl)Nc1ccccc1Cc1ccccc1. The second-order valence-electron chi connectivity index (χ2n) is 5.71. The number of amides is 1. The molecule has 0 spiro atoms. The number of carbonyl (C=O) groups excluding carboxylic acids is 1. The summed E-state index contributed by atoms with van der Waals surface area (Å²) in [5.74, 6) is 0.119. The van der Waals surface area contributed by atoms with Crippen LogP contribution in [0.1, 0.15) is 11.1 Å². The van der Waals surface area contributed by atoms with Gasteiger partial charge < -0.3 is 10.1 Å². The van der Waals surface area contributed by atoms with Crippen molar-refractivity contribution in [3.63, 3.8) is 0 Å². The summed E-state index contributed by atoms with van der Waals surface area (Å²) in [6.07, 6.45) is 0.734. The standard InChI is InChI=1S/C21H17Cl2NO2/c22-17-10-6-12-19(21(17)23)26-14-20(25)24-18-11-5-4-9-16(18)13-15-7-2-1-3-8-15/h1-12H,13-14H2,(H,24,25). The van der Waals surface area contributed by atoms with Gasteiger partial charge >= 0.3 is 0 Å². The Bertz CT molecular complexity index is 898. The van der Waals surface area contributed by atoms with E-state index in [1.165, 1.54) is 5.56 Å². The largest absolute Gasteiger partial charge is 0.482 e. The zero-order valence-electron chi connectivity index (χ0n) is 13.9. The molecule has 0 heterocycles. The summed E-state index contributed by atoms with van der Waals surface area (Å²) in [6, 6.07) is 22.9. The third-order valence-corrected chi connectivity index (χ3v) is 4.61. The third-order valence-electron chi connectivity index (χ3n) is 3.80. The monoisotopic (exact) mass is 385 g/mol. The average molecular weight is 386 g/mol. The summed E-state index contributed by atoms with van der Waals surface area (Å²) < 4.78 is 5.48. The number of benzene rings is 3. The second kappa shape index (κ2) is 8.75. The minimum atomic E-state index is -0.262. The lowest BCUT2D eigenvalue weighted by Gasteiger charge is -2.12. The minimum Gasteiger partial charge on any atom is -0.482 e. The maximum absolute atomic E-state index is 12.3. The van der Waals surface area contributed by atoms with Gasteiger partial charge in [0, 0.05) is 5.69 Å². The van der Waals surface area contributed by atoms with E-state index in [1.54, 1.807) is 18.2 Å². The highest BCUT2D eigenvalue weighted by Gasteiger charge is 2.10. The zero-order chi connectivity index (χ0) is 18.4. The van der Waals surface area contributed by atoms with Crippen molar-refractivity contribution in [3.8, 4) is 5.75 Å². The van der Waals surface area contributed by atoms with E-state index in [4.69, 9.17) is 27.9 Å². The van der Waals surface area contributed by atoms with Gasteiger partial charge in [0.15, 0.2) is 6.61 Å². The lowest BCUT2D eigenvalue weighted by molar-refractivity contribution is -0.118. The molecule has 0 aromatic heterocycles. The minimum absolute atomic E-state index is 0.153. The van der Waals surface area contributed by atoms with Crippen molar-refractivity contribution in [2.24, 2.45) is 0 Å². The van der Waals surface area contributed by atoms with Crippen LogP contribution < -0.4 is 10.1 Å². The van der Waals surface area contributed by atoms with Crippen LogP contribution in [-0.2, 0) is 11.2 Å². The highest BCUT2D eigenvalue weighted by atomic mass is 35.5. The fourth-order valence-corrected chi connectivity index (χ4v) is 2.88. The average Bonchev–Trinajstić information content (AvgIpc) is 2.65. The van der Waals surface area contributed by atoms with E-state index in [0.29, 0.717) is 15.8 Å². The molecule has 0 unspecified atom stereocenters. The Morgan fingerprint density at radius 3 is 2.42 bits per heavy atom. The van der Waals surface area contributed by atoms with E-state index in [2.05, 4.69) is 17.4 Å². The number of para-hydroxylation sites is 1. The van der Waals surface area contributed by atoms with Crippen molar-refractivity contribution >= 4 is 34.8 Å². The van der Waals surface area contributed by atoms with Crippen LogP contribution in [-0.4, -0.2) is 12.5 Å². The van der Waals surface area contributed by atoms with Gasteiger partial charge in [0.2, 0.25) is 0 Å². The Morgan fingerprint density at radius 2 is 1.62 bits per heavy atom. The number of rotatable bonds is 6. The molecule has 0 saturated heterocycles. The third kappa shape index (κ3) is 4.78. The van der Waals surface area contributed by atoms with Crippen LogP contribution >= 0.6 is 23.2 Å². The van der Waals surface area contributed by atoms with Crippen LogP contribution in [0.25, 0.3) is 0 Å². The first kappa shape index (κ1) is 18.3. The zero-order valence-corrected chi connectivity index (χ0v) is 15.4. The van der Waals surface area contributed by atoms with Crippen molar-refractivity contribution in [1.29, 1.82) is 0 Å². The summed E-state index contributed by atoms with van der Waals surface area (Å²) in [5.41, 5.74) is 2.98. The van der Waals surface area contributed by atoms with Crippen LogP contribution in [0.2, 0.25) is 10.0 Å². The molecule has 0 aliphatic heterocycles. The Balaban J connectivity index is 1.65. The smallest absolute Gasteiger partial charge is 0.262 e. The normalized spacial score (nSPS) is 10.4. The van der Waals surface area contributed by atoms with Crippen LogP contribution in [0, 0.1) is 0 Å². The molecule has 3 aromatic rings. The van der Waals surface area contributed by atoms with Crippen LogP contribution in [0.5, 0.6) is 5.75 Å². The maximum atomic E-state index is 12.3. The predicted octanol–water partition coefficient (Wildman–Crippen LogP) is 5.60. The Labute approximate surface area is 162 Å². The molecular weight excluding hydrogens is 369 g/mol. The van der Waals surface area contributed by atoms with Gasteiger partial charge in [-0.05, 0) is 35.7 Å². The van der Waals surface area contributed by atoms with Crippen molar-refractivity contribution in [2.45, 2.75) is 6.42 Å². The van der Waals surface area contributed by atoms with E-state index >= 15 is 0 Å². The highest BCUT2D eigenvalue weighted by Crippen LogP contribution is 2.31. The van der Waals surface area contributed by atoms with E-state index in [-0.39, 0.29) is 12.5 Å². The van der Waals surface area contributed by atoms with E-state index in [1.807, 2.05) is 42.5 Å². The van der Waals surface area contributed by atoms with Crippen molar-refractivity contribution < 1.29 is 9.53 Å². The van der Waals surface area contributed by atoms with Gasteiger partial charge in [0.05, 0.1) is 5.02 Å². The number of carbonyl (C=O) groups is 1. The first-order chi connectivity index (χ1) is 12.6. The summed E-state index contributed by atoms with van der Waals surface area (Å²) in [7, 11) is 0. The van der Waals surface area contributed by atoms with Crippen molar-refractivity contribution in [2.75, 3.05) is 11.9 Å². The van der Waals surface area contributed by atoms with Gasteiger partial charge in [-0.2, -0.15) is 0 Å². The van der Waals surface area contributed by atoms with Gasteiger partial charge in [-0.1, -0.05) is 77.8 Å². The summed E-state index contributed by atoms with van der Waals surface area (Å²) in [4.78, 5) is 12.3. The molecule has 132 valence electrons. The van der Waals surface area contributed by atoms with Crippen LogP contribution in [0.3, 0.4) is 0 Å². The van der Waals surface area contributed by atoms with Crippen molar-refractivity contribution in [1.82, 2.24) is 0 Å². The lowest BCUT2D eigenvalue weighted by Crippen LogP contribution is -2.21. The quantitative estimate of drug-likeness (QED) is 0.599.